The molecule has 0 radical (unpaired) electrons. The molecule has 1 aliphatic heterocycles. The average molecular weight is 492 g/mol. The lowest BCUT2D eigenvalue weighted by Gasteiger charge is -2.30. The molecule has 1 atom stereocenters. The first kappa shape index (κ1) is 24.3. The number of rotatable bonds is 10. The molecule has 190 valence electrons. The third-order valence-electron chi connectivity index (χ3n) is 6.83. The number of nitrogens with zero attached hydrogens (tertiary/aromatic N) is 3. The maximum absolute atomic E-state index is 12.6. The number of pyridine rings is 1. The van der Waals surface area contributed by atoms with Gasteiger partial charge in [0.15, 0.2) is 12.2 Å². The van der Waals surface area contributed by atoms with Gasteiger partial charge in [-0.15, -0.1) is 0 Å². The first-order valence-electron chi connectivity index (χ1n) is 12.7. The smallest absolute Gasteiger partial charge is 0.251 e. The SMILES string of the molecule is O=C(NC[C@H](O)CN1CCc2cc(OCc3cnco3)ccc2C1)c1ccnc(NC2CCCC2)c1. The first-order chi connectivity index (χ1) is 17.6. The second-order valence-electron chi connectivity index (χ2n) is 9.59. The van der Waals surface area contributed by atoms with Gasteiger partial charge in [-0.05, 0) is 54.7 Å². The minimum Gasteiger partial charge on any atom is -0.486 e. The largest absolute Gasteiger partial charge is 0.486 e. The van der Waals surface area contributed by atoms with Gasteiger partial charge >= 0.3 is 0 Å². The van der Waals surface area contributed by atoms with Crippen molar-refractivity contribution < 1.29 is 19.1 Å². The molecule has 9 nitrogen and oxygen atoms in total. The van der Waals surface area contributed by atoms with Crippen LogP contribution in [0.5, 0.6) is 5.75 Å². The summed E-state index contributed by atoms with van der Waals surface area (Å²) in [6.45, 7) is 2.63. The zero-order valence-electron chi connectivity index (χ0n) is 20.4. The van der Waals surface area contributed by atoms with Crippen LogP contribution in [-0.2, 0) is 19.6 Å². The van der Waals surface area contributed by atoms with E-state index in [1.807, 2.05) is 6.07 Å². The molecule has 1 amide bonds. The van der Waals surface area contributed by atoms with Gasteiger partial charge in [-0.1, -0.05) is 18.9 Å². The van der Waals surface area contributed by atoms with Gasteiger partial charge in [0.1, 0.15) is 18.2 Å². The van der Waals surface area contributed by atoms with Crippen molar-refractivity contribution in [2.75, 3.05) is 25.0 Å². The average Bonchev–Trinajstić information content (AvgIpc) is 3.61. The number of ether oxygens (including phenoxy) is 1. The number of aliphatic hydroxyl groups is 1. The maximum Gasteiger partial charge on any atom is 0.251 e. The van der Waals surface area contributed by atoms with Crippen LogP contribution in [0.4, 0.5) is 5.82 Å². The number of hydrogen-bond acceptors (Lipinski definition) is 8. The van der Waals surface area contributed by atoms with E-state index >= 15 is 0 Å². The highest BCUT2D eigenvalue weighted by molar-refractivity contribution is 5.94. The number of hydrogen-bond donors (Lipinski definition) is 3. The molecule has 0 unspecified atom stereocenters. The number of nitrogens with one attached hydrogen (secondary N) is 2. The molecule has 5 rings (SSSR count). The summed E-state index contributed by atoms with van der Waals surface area (Å²) in [6.07, 6.45) is 9.67. The Labute approximate surface area is 210 Å². The normalized spacial score (nSPS) is 16.9. The fourth-order valence-electron chi connectivity index (χ4n) is 4.91. The van der Waals surface area contributed by atoms with E-state index in [1.165, 1.54) is 30.4 Å². The van der Waals surface area contributed by atoms with Crippen LogP contribution in [0.1, 0.15) is 52.9 Å². The standard InChI is InChI=1S/C27H33N5O4/c33-23(13-30-27(34)20-7-9-29-26(12-20)31-22-3-1-2-4-22)16-32-10-8-19-11-24(6-5-21(19)15-32)35-17-25-14-28-18-36-25/h5-7,9,11-12,14,18,22-23,33H,1-4,8,10,13,15-17H2,(H,29,31)(H,30,34)/t23-/m0/s1. The second-order valence-corrected chi connectivity index (χ2v) is 9.59. The molecule has 3 heterocycles. The van der Waals surface area contributed by atoms with Gasteiger partial charge < -0.3 is 24.9 Å². The highest BCUT2D eigenvalue weighted by atomic mass is 16.5. The van der Waals surface area contributed by atoms with Crippen LogP contribution < -0.4 is 15.4 Å². The Morgan fingerprint density at radius 2 is 2.11 bits per heavy atom. The molecule has 1 aliphatic carbocycles. The Bertz CT molecular complexity index is 1150. The van der Waals surface area contributed by atoms with Crippen LogP contribution in [0.2, 0.25) is 0 Å². The fourth-order valence-corrected chi connectivity index (χ4v) is 4.91. The van der Waals surface area contributed by atoms with Crippen LogP contribution in [0.3, 0.4) is 0 Å². The predicted molar refractivity (Wildman–Crippen MR) is 135 cm³/mol. The van der Waals surface area contributed by atoms with Gasteiger partial charge in [0.2, 0.25) is 0 Å². The van der Waals surface area contributed by atoms with Gasteiger partial charge in [-0.2, -0.15) is 0 Å². The van der Waals surface area contributed by atoms with Gasteiger partial charge in [-0.25, -0.2) is 9.97 Å². The fraction of sp³-hybridized carbons (Fsp3) is 0.444. The van der Waals surface area contributed by atoms with Gasteiger partial charge in [0.25, 0.3) is 5.91 Å². The van der Waals surface area contributed by atoms with Crippen molar-refractivity contribution in [1.82, 2.24) is 20.2 Å². The zero-order valence-corrected chi connectivity index (χ0v) is 20.4. The van der Waals surface area contributed by atoms with E-state index in [1.54, 1.807) is 24.5 Å². The lowest BCUT2D eigenvalue weighted by atomic mass is 9.99. The van der Waals surface area contributed by atoms with Crippen LogP contribution in [0.25, 0.3) is 0 Å². The monoisotopic (exact) mass is 491 g/mol. The Kier molecular flexibility index (Phi) is 7.78. The number of carbonyl (C=O) groups excluding carboxylic acids is 1. The van der Waals surface area contributed by atoms with E-state index in [4.69, 9.17) is 9.15 Å². The second kappa shape index (κ2) is 11.5. The van der Waals surface area contributed by atoms with Gasteiger partial charge in [-0.3, -0.25) is 9.69 Å². The van der Waals surface area contributed by atoms with E-state index < -0.39 is 6.10 Å². The van der Waals surface area contributed by atoms with E-state index in [0.717, 1.165) is 43.9 Å². The molecule has 36 heavy (non-hydrogen) atoms. The summed E-state index contributed by atoms with van der Waals surface area (Å²) >= 11 is 0. The van der Waals surface area contributed by atoms with Crippen LogP contribution in [0.15, 0.2) is 53.5 Å². The highest BCUT2D eigenvalue weighted by Gasteiger charge is 2.20. The van der Waals surface area contributed by atoms with Crippen LogP contribution in [0, 0.1) is 0 Å². The first-order valence-corrected chi connectivity index (χ1v) is 12.7. The number of fused-ring (bicyclic) bond motifs is 1. The van der Waals surface area contributed by atoms with Crippen LogP contribution in [-0.4, -0.2) is 57.7 Å². The summed E-state index contributed by atoms with van der Waals surface area (Å²) in [4.78, 5) is 23.1. The Morgan fingerprint density at radius 3 is 2.94 bits per heavy atom. The highest BCUT2D eigenvalue weighted by Crippen LogP contribution is 2.25. The third kappa shape index (κ3) is 6.41. The predicted octanol–water partition coefficient (Wildman–Crippen LogP) is 3.15. The van der Waals surface area contributed by atoms with E-state index in [2.05, 4.69) is 37.6 Å². The lowest BCUT2D eigenvalue weighted by molar-refractivity contribution is 0.0841. The van der Waals surface area contributed by atoms with E-state index in [9.17, 15) is 9.90 Å². The summed E-state index contributed by atoms with van der Waals surface area (Å²) in [5.41, 5.74) is 3.03. The Balaban J connectivity index is 1.07. The topological polar surface area (TPSA) is 113 Å². The summed E-state index contributed by atoms with van der Waals surface area (Å²) in [5, 5.41) is 16.9. The molecule has 2 aliphatic rings. The van der Waals surface area contributed by atoms with Gasteiger partial charge in [0.05, 0.1) is 12.3 Å². The van der Waals surface area contributed by atoms with Crippen molar-refractivity contribution in [3.05, 3.63) is 71.6 Å². The maximum atomic E-state index is 12.6. The number of carbonyl (C=O) groups is 1. The zero-order chi connectivity index (χ0) is 24.7. The minimum absolute atomic E-state index is 0.199. The van der Waals surface area contributed by atoms with Crippen LogP contribution >= 0.6 is 0 Å². The molecule has 3 aromatic rings. The molecule has 9 heteroatoms. The van der Waals surface area contributed by atoms with Crippen molar-refractivity contribution in [2.24, 2.45) is 0 Å². The number of amides is 1. The molecule has 1 aromatic carbocycles. The lowest BCUT2D eigenvalue weighted by Crippen LogP contribution is -2.42. The number of oxazole rings is 1. The molecule has 1 fully saturated rings. The molecule has 2 aromatic heterocycles. The molecule has 1 saturated carbocycles. The minimum atomic E-state index is -0.655. The van der Waals surface area contributed by atoms with Crippen molar-refractivity contribution in [1.29, 1.82) is 0 Å². The number of anilines is 1. The quantitative estimate of drug-likeness (QED) is 0.397. The number of aromatic nitrogens is 2. The molecule has 3 N–H and O–H groups in total. The van der Waals surface area contributed by atoms with Crippen molar-refractivity contribution in [3.8, 4) is 5.75 Å². The van der Waals surface area contributed by atoms with E-state index in [0.29, 0.717) is 30.5 Å². The summed E-state index contributed by atoms with van der Waals surface area (Å²) in [5.74, 6) is 2.02. The Hall–Kier alpha value is -3.43. The summed E-state index contributed by atoms with van der Waals surface area (Å²) < 4.78 is 11.0. The number of β-amino-alcohol motifs (C(OH)–C–C–N with tert-alkyl or cyclic N) is 1. The van der Waals surface area contributed by atoms with Crippen molar-refractivity contribution >= 4 is 11.7 Å². The summed E-state index contributed by atoms with van der Waals surface area (Å²) in [7, 11) is 0. The molecule has 0 spiro atoms. The number of benzene rings is 1. The van der Waals surface area contributed by atoms with Gasteiger partial charge in [0, 0.05) is 44.0 Å². The molecular formula is C27H33N5O4. The Morgan fingerprint density at radius 1 is 1.22 bits per heavy atom. The molecule has 0 saturated heterocycles. The number of aliphatic hydroxyl groups excluding tert-OH is 1. The summed E-state index contributed by atoms with van der Waals surface area (Å²) in [6, 6.07) is 10.0. The van der Waals surface area contributed by atoms with Crippen molar-refractivity contribution in [3.63, 3.8) is 0 Å². The van der Waals surface area contributed by atoms with E-state index in [-0.39, 0.29) is 12.5 Å². The molecule has 0 bridgehead atoms. The molecular weight excluding hydrogens is 458 g/mol. The third-order valence-corrected chi connectivity index (χ3v) is 6.83. The van der Waals surface area contributed by atoms with Crippen molar-refractivity contribution in [2.45, 2.75) is 57.4 Å².